The van der Waals surface area contributed by atoms with Crippen LogP contribution < -0.4 is 0 Å². The normalized spacial score (nSPS) is 10.8. The van der Waals surface area contributed by atoms with Crippen molar-refractivity contribution in [3.8, 4) is 0 Å². The summed E-state index contributed by atoms with van der Waals surface area (Å²) in [6.45, 7) is 4.17. The molecule has 0 saturated heterocycles. The lowest BCUT2D eigenvalue weighted by Gasteiger charge is -1.92. The highest BCUT2D eigenvalue weighted by Crippen LogP contribution is 2.14. The van der Waals surface area contributed by atoms with Crippen molar-refractivity contribution < 1.29 is 4.52 Å². The second kappa shape index (κ2) is 3.10. The molecule has 2 nitrogen and oxygen atoms in total. The lowest BCUT2D eigenvalue weighted by atomic mass is 10.1. The number of rotatable bonds is 2. The van der Waals surface area contributed by atoms with Crippen molar-refractivity contribution in [1.82, 2.24) is 5.16 Å². The van der Waals surface area contributed by atoms with Crippen LogP contribution >= 0.6 is 12.6 Å². The lowest BCUT2D eigenvalue weighted by molar-refractivity contribution is 0.386. The first kappa shape index (κ1) is 7.66. The fourth-order valence-corrected chi connectivity index (χ4v) is 0.825. The van der Waals surface area contributed by atoms with Crippen molar-refractivity contribution in [3.63, 3.8) is 0 Å². The van der Waals surface area contributed by atoms with Crippen LogP contribution in [0.2, 0.25) is 0 Å². The Morgan fingerprint density at radius 2 is 2.40 bits per heavy atom. The van der Waals surface area contributed by atoms with Crippen LogP contribution in [-0.2, 0) is 5.75 Å². The fraction of sp³-hybridized carbons (Fsp3) is 0.571. The molecular formula is C7H11NOS. The molecule has 0 aliphatic heterocycles. The third-order valence-electron chi connectivity index (χ3n) is 1.32. The highest BCUT2D eigenvalue weighted by atomic mass is 32.1. The standard InChI is InChI=1S/C7H11NOS/c1-5(2)7-3-6(4-10)9-8-7/h3,5,10H,4H2,1-2H3. The van der Waals surface area contributed by atoms with Crippen LogP contribution in [-0.4, -0.2) is 5.16 Å². The molecule has 0 unspecified atom stereocenters. The zero-order valence-corrected chi connectivity index (χ0v) is 7.06. The summed E-state index contributed by atoms with van der Waals surface area (Å²) in [5, 5.41) is 3.86. The Labute approximate surface area is 66.0 Å². The van der Waals surface area contributed by atoms with Gasteiger partial charge in [0.1, 0.15) is 5.76 Å². The van der Waals surface area contributed by atoms with E-state index in [0.29, 0.717) is 11.7 Å². The summed E-state index contributed by atoms with van der Waals surface area (Å²) in [5.74, 6) is 1.91. The van der Waals surface area contributed by atoms with Crippen molar-refractivity contribution in [3.05, 3.63) is 17.5 Å². The number of nitrogens with zero attached hydrogens (tertiary/aromatic N) is 1. The van der Waals surface area contributed by atoms with Crippen LogP contribution in [0.4, 0.5) is 0 Å². The third kappa shape index (κ3) is 1.53. The Balaban J connectivity index is 2.78. The summed E-state index contributed by atoms with van der Waals surface area (Å²) >= 11 is 4.06. The Hall–Kier alpha value is -0.440. The molecule has 56 valence electrons. The van der Waals surface area contributed by atoms with Gasteiger partial charge in [-0.15, -0.1) is 0 Å². The van der Waals surface area contributed by atoms with Gasteiger partial charge in [0.25, 0.3) is 0 Å². The van der Waals surface area contributed by atoms with Crippen LogP contribution in [0.15, 0.2) is 10.6 Å². The molecule has 1 heterocycles. The number of hydrogen-bond acceptors (Lipinski definition) is 3. The number of hydrogen-bond donors (Lipinski definition) is 1. The average molecular weight is 157 g/mol. The van der Waals surface area contributed by atoms with Crippen LogP contribution in [0.5, 0.6) is 0 Å². The van der Waals surface area contributed by atoms with Crippen molar-refractivity contribution >= 4 is 12.6 Å². The summed E-state index contributed by atoms with van der Waals surface area (Å²) in [4.78, 5) is 0. The molecule has 0 atom stereocenters. The van der Waals surface area contributed by atoms with Gasteiger partial charge in [-0.25, -0.2) is 0 Å². The summed E-state index contributed by atoms with van der Waals surface area (Å²) in [5.41, 5.74) is 1.00. The van der Waals surface area contributed by atoms with E-state index < -0.39 is 0 Å². The molecule has 0 aliphatic carbocycles. The van der Waals surface area contributed by atoms with Gasteiger partial charge in [-0.2, -0.15) is 12.6 Å². The molecule has 1 aromatic rings. The zero-order chi connectivity index (χ0) is 7.56. The van der Waals surface area contributed by atoms with Crippen LogP contribution in [0.3, 0.4) is 0 Å². The molecule has 1 rings (SSSR count). The predicted octanol–water partition coefficient (Wildman–Crippen LogP) is 2.23. The largest absolute Gasteiger partial charge is 0.360 e. The number of aromatic nitrogens is 1. The minimum Gasteiger partial charge on any atom is -0.360 e. The van der Waals surface area contributed by atoms with Crippen LogP contribution in [0.25, 0.3) is 0 Å². The van der Waals surface area contributed by atoms with Gasteiger partial charge in [-0.05, 0) is 5.92 Å². The van der Waals surface area contributed by atoms with E-state index in [2.05, 4.69) is 31.6 Å². The van der Waals surface area contributed by atoms with E-state index >= 15 is 0 Å². The molecule has 0 fully saturated rings. The van der Waals surface area contributed by atoms with E-state index in [1.54, 1.807) is 0 Å². The van der Waals surface area contributed by atoms with E-state index in [1.165, 1.54) is 0 Å². The van der Waals surface area contributed by atoms with Gasteiger partial charge < -0.3 is 4.52 Å². The molecule has 1 aromatic heterocycles. The molecule has 0 radical (unpaired) electrons. The third-order valence-corrected chi connectivity index (χ3v) is 1.64. The molecule has 0 bridgehead atoms. The first-order valence-corrected chi connectivity index (χ1v) is 3.93. The summed E-state index contributed by atoms with van der Waals surface area (Å²) in [7, 11) is 0. The molecule has 0 amide bonds. The predicted molar refractivity (Wildman–Crippen MR) is 43.3 cm³/mol. The molecular weight excluding hydrogens is 146 g/mol. The van der Waals surface area contributed by atoms with Gasteiger partial charge in [0, 0.05) is 6.07 Å². The second-order valence-corrected chi connectivity index (χ2v) is 2.85. The van der Waals surface area contributed by atoms with Crippen molar-refractivity contribution in [2.24, 2.45) is 0 Å². The monoisotopic (exact) mass is 157 g/mol. The maximum absolute atomic E-state index is 4.95. The van der Waals surface area contributed by atoms with Crippen molar-refractivity contribution in [2.75, 3.05) is 0 Å². The van der Waals surface area contributed by atoms with Gasteiger partial charge >= 0.3 is 0 Å². The van der Waals surface area contributed by atoms with Gasteiger partial charge in [0.05, 0.1) is 11.4 Å². The fourth-order valence-electron chi connectivity index (χ4n) is 0.676. The van der Waals surface area contributed by atoms with E-state index in [4.69, 9.17) is 4.52 Å². The van der Waals surface area contributed by atoms with Crippen molar-refractivity contribution in [2.45, 2.75) is 25.5 Å². The second-order valence-electron chi connectivity index (χ2n) is 2.53. The number of thiol groups is 1. The van der Waals surface area contributed by atoms with E-state index in [1.807, 2.05) is 6.07 Å². The van der Waals surface area contributed by atoms with Gasteiger partial charge in [0.15, 0.2) is 0 Å². The molecule has 0 spiro atoms. The zero-order valence-electron chi connectivity index (χ0n) is 6.16. The first-order valence-electron chi connectivity index (χ1n) is 3.30. The molecule has 3 heteroatoms. The SMILES string of the molecule is CC(C)c1cc(CS)on1. The van der Waals surface area contributed by atoms with Crippen LogP contribution in [0.1, 0.15) is 31.2 Å². The maximum atomic E-state index is 4.95. The van der Waals surface area contributed by atoms with Crippen molar-refractivity contribution in [1.29, 1.82) is 0 Å². The maximum Gasteiger partial charge on any atom is 0.146 e. The topological polar surface area (TPSA) is 26.0 Å². The quantitative estimate of drug-likeness (QED) is 0.666. The summed E-state index contributed by atoms with van der Waals surface area (Å²) in [6, 6.07) is 1.94. The van der Waals surface area contributed by atoms with Gasteiger partial charge in [-0.1, -0.05) is 19.0 Å². The molecule has 0 aliphatic rings. The molecule has 0 saturated carbocycles. The van der Waals surface area contributed by atoms with Gasteiger partial charge in [0.2, 0.25) is 0 Å². The average Bonchev–Trinajstić information content (AvgIpc) is 2.34. The Morgan fingerprint density at radius 3 is 2.70 bits per heavy atom. The summed E-state index contributed by atoms with van der Waals surface area (Å²) < 4.78 is 4.95. The molecule has 0 aromatic carbocycles. The van der Waals surface area contributed by atoms with E-state index in [9.17, 15) is 0 Å². The minimum absolute atomic E-state index is 0.442. The highest BCUT2D eigenvalue weighted by Gasteiger charge is 2.04. The highest BCUT2D eigenvalue weighted by molar-refractivity contribution is 7.79. The molecule has 0 N–H and O–H groups in total. The van der Waals surface area contributed by atoms with E-state index in [0.717, 1.165) is 11.5 Å². The van der Waals surface area contributed by atoms with Gasteiger partial charge in [-0.3, -0.25) is 0 Å². The lowest BCUT2D eigenvalue weighted by Crippen LogP contribution is -1.84. The minimum atomic E-state index is 0.442. The Morgan fingerprint density at radius 1 is 1.70 bits per heavy atom. The van der Waals surface area contributed by atoms with Crippen LogP contribution in [0, 0.1) is 0 Å². The smallest absolute Gasteiger partial charge is 0.146 e. The molecule has 10 heavy (non-hydrogen) atoms. The Kier molecular flexibility index (Phi) is 2.38. The first-order chi connectivity index (χ1) is 4.74. The Bertz CT molecular complexity index is 207. The summed E-state index contributed by atoms with van der Waals surface area (Å²) in [6.07, 6.45) is 0. The van der Waals surface area contributed by atoms with E-state index in [-0.39, 0.29) is 0 Å².